The number of hydrogen-bond acceptors (Lipinski definition) is 3. The van der Waals surface area contributed by atoms with Crippen molar-refractivity contribution in [3.05, 3.63) is 83.6 Å². The Balaban J connectivity index is 1.77. The van der Waals surface area contributed by atoms with Crippen LogP contribution in [0, 0.1) is 6.92 Å². The fourth-order valence-corrected chi connectivity index (χ4v) is 4.22. The Morgan fingerprint density at radius 3 is 2.51 bits per heavy atom. The molecular formula is C29H39N3O3. The number of benzene rings is 1. The van der Waals surface area contributed by atoms with Gasteiger partial charge >= 0.3 is 0 Å². The molecule has 0 saturated carbocycles. The van der Waals surface area contributed by atoms with Gasteiger partial charge in [0.1, 0.15) is 6.54 Å². The molecule has 6 heteroatoms. The number of carbonyl (C=O) groups excluding carboxylic acids is 2. The molecule has 0 fully saturated rings. The monoisotopic (exact) mass is 477 g/mol. The van der Waals surface area contributed by atoms with Gasteiger partial charge in [0.2, 0.25) is 5.91 Å². The van der Waals surface area contributed by atoms with E-state index in [1.165, 1.54) is 17.4 Å². The van der Waals surface area contributed by atoms with Crippen LogP contribution >= 0.6 is 0 Å². The van der Waals surface area contributed by atoms with Crippen LogP contribution in [0.2, 0.25) is 0 Å². The summed E-state index contributed by atoms with van der Waals surface area (Å²) in [4.78, 5) is 30.2. The van der Waals surface area contributed by atoms with Crippen molar-refractivity contribution in [1.29, 1.82) is 0 Å². The summed E-state index contributed by atoms with van der Waals surface area (Å²) in [6.07, 6.45) is 7.32. The van der Waals surface area contributed by atoms with Crippen molar-refractivity contribution < 1.29 is 14.0 Å². The largest absolute Gasteiger partial charge is 0.459 e. The second-order valence-corrected chi connectivity index (χ2v) is 9.24. The highest BCUT2D eigenvalue weighted by Gasteiger charge is 2.26. The summed E-state index contributed by atoms with van der Waals surface area (Å²) in [6, 6.07) is 15.9. The fourth-order valence-electron chi connectivity index (χ4n) is 4.22. The minimum atomic E-state index is -0.230. The molecule has 0 aliphatic rings. The van der Waals surface area contributed by atoms with Crippen molar-refractivity contribution in [1.82, 2.24) is 14.4 Å². The summed E-state index contributed by atoms with van der Waals surface area (Å²) in [5.74, 6) is 0.00220. The van der Waals surface area contributed by atoms with Gasteiger partial charge in [0.25, 0.3) is 5.91 Å². The molecule has 0 aliphatic carbocycles. The van der Waals surface area contributed by atoms with Crippen molar-refractivity contribution in [2.75, 3.05) is 13.1 Å². The smallest absolute Gasteiger partial charge is 0.290 e. The molecule has 0 radical (unpaired) electrons. The number of hydrogen-bond donors (Lipinski definition) is 0. The summed E-state index contributed by atoms with van der Waals surface area (Å²) in [5, 5.41) is 0. The van der Waals surface area contributed by atoms with E-state index in [-0.39, 0.29) is 30.2 Å². The molecule has 0 spiro atoms. The number of aromatic nitrogens is 1. The van der Waals surface area contributed by atoms with Crippen LogP contribution in [0.3, 0.4) is 0 Å². The second-order valence-electron chi connectivity index (χ2n) is 9.24. The van der Waals surface area contributed by atoms with E-state index in [0.29, 0.717) is 13.1 Å². The minimum absolute atomic E-state index is 0.0422. The van der Waals surface area contributed by atoms with E-state index < -0.39 is 0 Å². The number of unbranched alkanes of at least 4 members (excludes halogenated alkanes) is 2. The lowest BCUT2D eigenvalue weighted by atomic mass is 10.1. The van der Waals surface area contributed by atoms with Crippen LogP contribution in [0.5, 0.6) is 0 Å². The molecule has 6 nitrogen and oxygen atoms in total. The first kappa shape index (κ1) is 26.3. The first-order chi connectivity index (χ1) is 16.9. The molecule has 1 aromatic carbocycles. The topological polar surface area (TPSA) is 58.7 Å². The SMILES string of the molecule is CCCCCN(CC(=O)N(Cc1cccn1Cc1ccccc1C)C(C)CC)C(=O)c1ccco1. The lowest BCUT2D eigenvalue weighted by molar-refractivity contribution is -0.134. The van der Waals surface area contributed by atoms with Gasteiger partial charge in [-0.15, -0.1) is 0 Å². The third kappa shape index (κ3) is 7.10. The van der Waals surface area contributed by atoms with Crippen LogP contribution in [0.1, 0.15) is 73.8 Å². The molecule has 3 rings (SSSR count). The highest BCUT2D eigenvalue weighted by Crippen LogP contribution is 2.17. The third-order valence-electron chi connectivity index (χ3n) is 6.68. The molecule has 35 heavy (non-hydrogen) atoms. The Hall–Kier alpha value is -3.28. The lowest BCUT2D eigenvalue weighted by Gasteiger charge is -2.32. The third-order valence-corrected chi connectivity index (χ3v) is 6.68. The van der Waals surface area contributed by atoms with Gasteiger partial charge in [-0.1, -0.05) is 51.0 Å². The van der Waals surface area contributed by atoms with Crippen molar-refractivity contribution >= 4 is 11.8 Å². The first-order valence-corrected chi connectivity index (χ1v) is 12.7. The highest BCUT2D eigenvalue weighted by atomic mass is 16.3. The number of furan rings is 1. The number of carbonyl (C=O) groups is 2. The van der Waals surface area contributed by atoms with E-state index in [1.807, 2.05) is 11.0 Å². The van der Waals surface area contributed by atoms with Crippen LogP contribution in [-0.4, -0.2) is 45.3 Å². The van der Waals surface area contributed by atoms with Gasteiger partial charge in [0, 0.05) is 31.0 Å². The van der Waals surface area contributed by atoms with Gasteiger partial charge in [-0.2, -0.15) is 0 Å². The zero-order chi connectivity index (χ0) is 25.2. The van der Waals surface area contributed by atoms with E-state index in [1.54, 1.807) is 17.0 Å². The van der Waals surface area contributed by atoms with Crippen molar-refractivity contribution in [3.8, 4) is 0 Å². The Kier molecular flexibility index (Phi) is 9.76. The van der Waals surface area contributed by atoms with Gasteiger partial charge in [0.15, 0.2) is 5.76 Å². The summed E-state index contributed by atoms with van der Waals surface area (Å²) in [7, 11) is 0. The van der Waals surface area contributed by atoms with Crippen LogP contribution in [0.4, 0.5) is 0 Å². The molecule has 0 N–H and O–H groups in total. The molecular weight excluding hydrogens is 438 g/mol. The van der Waals surface area contributed by atoms with Crippen molar-refractivity contribution in [3.63, 3.8) is 0 Å². The van der Waals surface area contributed by atoms with E-state index in [2.05, 4.69) is 68.8 Å². The maximum absolute atomic E-state index is 13.6. The average molecular weight is 478 g/mol. The molecule has 1 unspecified atom stereocenters. The molecule has 2 amide bonds. The van der Waals surface area contributed by atoms with Gasteiger partial charge in [-0.3, -0.25) is 9.59 Å². The number of aryl methyl sites for hydroxylation is 1. The predicted octanol–water partition coefficient (Wildman–Crippen LogP) is 5.90. The fraction of sp³-hybridized carbons (Fsp3) is 0.448. The number of nitrogens with zero attached hydrogens (tertiary/aromatic N) is 3. The second kappa shape index (κ2) is 13.0. The first-order valence-electron chi connectivity index (χ1n) is 12.7. The molecule has 0 saturated heterocycles. The molecule has 2 aromatic heterocycles. The van der Waals surface area contributed by atoms with Gasteiger partial charge in [-0.05, 0) is 62.1 Å². The quantitative estimate of drug-likeness (QED) is 0.288. The predicted molar refractivity (Wildman–Crippen MR) is 139 cm³/mol. The number of rotatable bonds is 13. The van der Waals surface area contributed by atoms with E-state index in [9.17, 15) is 9.59 Å². The average Bonchev–Trinajstić information content (AvgIpc) is 3.55. The van der Waals surface area contributed by atoms with Gasteiger partial charge in [-0.25, -0.2) is 0 Å². The van der Waals surface area contributed by atoms with Crippen LogP contribution in [0.25, 0.3) is 0 Å². The normalized spacial score (nSPS) is 11.9. The van der Waals surface area contributed by atoms with Crippen molar-refractivity contribution in [2.24, 2.45) is 0 Å². The van der Waals surface area contributed by atoms with Gasteiger partial charge < -0.3 is 18.8 Å². The van der Waals surface area contributed by atoms with Gasteiger partial charge in [0.05, 0.1) is 12.8 Å². The Morgan fingerprint density at radius 2 is 1.83 bits per heavy atom. The van der Waals surface area contributed by atoms with E-state index >= 15 is 0 Å². The molecule has 2 heterocycles. The zero-order valence-corrected chi connectivity index (χ0v) is 21.6. The minimum Gasteiger partial charge on any atom is -0.459 e. The number of amides is 2. The Morgan fingerprint density at radius 1 is 1.03 bits per heavy atom. The maximum Gasteiger partial charge on any atom is 0.290 e. The summed E-state index contributed by atoms with van der Waals surface area (Å²) in [6.45, 7) is 10.3. The summed E-state index contributed by atoms with van der Waals surface area (Å²) in [5.41, 5.74) is 3.59. The van der Waals surface area contributed by atoms with E-state index in [0.717, 1.165) is 37.9 Å². The summed E-state index contributed by atoms with van der Waals surface area (Å²) < 4.78 is 7.55. The summed E-state index contributed by atoms with van der Waals surface area (Å²) >= 11 is 0. The lowest BCUT2D eigenvalue weighted by Crippen LogP contribution is -2.46. The standard InChI is InChI=1S/C29H39N3O3/c1-5-7-10-17-31(29(34)27-16-12-19-35-27)22-28(33)32(24(4)6-2)21-26-15-11-18-30(26)20-25-14-9-8-13-23(25)3/h8-9,11-16,18-19,24H,5-7,10,17,20-22H2,1-4H3. The van der Waals surface area contributed by atoms with Crippen LogP contribution in [-0.2, 0) is 17.9 Å². The van der Waals surface area contributed by atoms with Crippen LogP contribution < -0.4 is 0 Å². The van der Waals surface area contributed by atoms with E-state index in [4.69, 9.17) is 4.42 Å². The molecule has 0 aliphatic heterocycles. The van der Waals surface area contributed by atoms with Crippen LogP contribution in [0.15, 0.2) is 65.4 Å². The maximum atomic E-state index is 13.6. The zero-order valence-electron chi connectivity index (χ0n) is 21.6. The molecule has 1 atom stereocenters. The Labute approximate surface area is 209 Å². The molecule has 3 aromatic rings. The molecule has 188 valence electrons. The molecule has 0 bridgehead atoms. The van der Waals surface area contributed by atoms with Crippen molar-refractivity contribution in [2.45, 2.75) is 72.5 Å². The Bertz CT molecular complexity index is 1070. The highest BCUT2D eigenvalue weighted by molar-refractivity contribution is 5.94.